The Morgan fingerprint density at radius 2 is 2.00 bits per heavy atom. The topological polar surface area (TPSA) is 87.2 Å². The standard InChI is InChI=1S/C11H15N5O2/c17-9(15-11-13-4-1-5-14-11)10(18)16-7-2-3-12-6-8-16/h1,4-5,12H,2-3,6-8H2,(H,13,14,15,17). The zero-order chi connectivity index (χ0) is 12.8. The van der Waals surface area contributed by atoms with E-state index in [9.17, 15) is 9.59 Å². The Labute approximate surface area is 105 Å². The van der Waals surface area contributed by atoms with Crippen LogP contribution < -0.4 is 10.6 Å². The Balaban J connectivity index is 1.93. The Morgan fingerprint density at radius 1 is 1.22 bits per heavy atom. The van der Waals surface area contributed by atoms with Gasteiger partial charge in [-0.25, -0.2) is 9.97 Å². The first-order chi connectivity index (χ1) is 8.77. The molecule has 2 amide bonds. The summed E-state index contributed by atoms with van der Waals surface area (Å²) < 4.78 is 0. The maximum Gasteiger partial charge on any atom is 0.316 e. The minimum Gasteiger partial charge on any atom is -0.333 e. The lowest BCUT2D eigenvalue weighted by Crippen LogP contribution is -2.41. The number of nitrogens with zero attached hydrogens (tertiary/aromatic N) is 3. The Morgan fingerprint density at radius 3 is 2.78 bits per heavy atom. The third-order valence-corrected chi connectivity index (χ3v) is 2.61. The van der Waals surface area contributed by atoms with Gasteiger partial charge in [-0.15, -0.1) is 0 Å². The number of hydrogen-bond acceptors (Lipinski definition) is 5. The molecule has 0 spiro atoms. The lowest BCUT2D eigenvalue weighted by Gasteiger charge is -2.18. The molecule has 1 aromatic heterocycles. The number of rotatable bonds is 1. The van der Waals surface area contributed by atoms with Crippen molar-refractivity contribution in [2.45, 2.75) is 6.42 Å². The zero-order valence-corrected chi connectivity index (χ0v) is 9.93. The van der Waals surface area contributed by atoms with E-state index >= 15 is 0 Å². The highest BCUT2D eigenvalue weighted by Crippen LogP contribution is 1.99. The number of aromatic nitrogens is 2. The van der Waals surface area contributed by atoms with Crippen LogP contribution in [0, 0.1) is 0 Å². The minimum absolute atomic E-state index is 0.142. The van der Waals surface area contributed by atoms with E-state index in [4.69, 9.17) is 0 Å². The normalized spacial score (nSPS) is 15.9. The summed E-state index contributed by atoms with van der Waals surface area (Å²) >= 11 is 0. The van der Waals surface area contributed by atoms with E-state index in [0.717, 1.165) is 13.0 Å². The summed E-state index contributed by atoms with van der Waals surface area (Å²) in [6.45, 7) is 2.71. The van der Waals surface area contributed by atoms with Gasteiger partial charge >= 0.3 is 11.8 Å². The SMILES string of the molecule is O=C(Nc1ncccn1)C(=O)N1CCCNCC1. The second-order valence-electron chi connectivity index (χ2n) is 3.92. The van der Waals surface area contributed by atoms with E-state index in [0.29, 0.717) is 19.6 Å². The van der Waals surface area contributed by atoms with E-state index in [1.807, 2.05) is 0 Å². The maximum absolute atomic E-state index is 11.9. The summed E-state index contributed by atoms with van der Waals surface area (Å²) in [4.78, 5) is 32.8. The molecule has 96 valence electrons. The smallest absolute Gasteiger partial charge is 0.316 e. The molecule has 0 bridgehead atoms. The van der Waals surface area contributed by atoms with Crippen LogP contribution in [-0.4, -0.2) is 52.9 Å². The van der Waals surface area contributed by atoms with Crippen LogP contribution in [-0.2, 0) is 9.59 Å². The third-order valence-electron chi connectivity index (χ3n) is 2.61. The molecule has 2 heterocycles. The van der Waals surface area contributed by atoms with E-state index in [1.165, 1.54) is 17.3 Å². The summed E-state index contributed by atoms with van der Waals surface area (Å²) in [5.41, 5.74) is 0. The Bertz CT molecular complexity index is 415. The van der Waals surface area contributed by atoms with Crippen molar-refractivity contribution in [3.63, 3.8) is 0 Å². The van der Waals surface area contributed by atoms with Gasteiger partial charge in [0, 0.05) is 32.0 Å². The molecule has 0 saturated carbocycles. The Hall–Kier alpha value is -2.02. The van der Waals surface area contributed by atoms with Crippen molar-refractivity contribution < 1.29 is 9.59 Å². The van der Waals surface area contributed by atoms with Gasteiger partial charge in [0.25, 0.3) is 0 Å². The van der Waals surface area contributed by atoms with Crippen LogP contribution in [0.25, 0.3) is 0 Å². The van der Waals surface area contributed by atoms with Crippen molar-refractivity contribution in [2.24, 2.45) is 0 Å². The lowest BCUT2D eigenvalue weighted by molar-refractivity contribution is -0.143. The van der Waals surface area contributed by atoms with Crippen molar-refractivity contribution in [3.05, 3.63) is 18.5 Å². The van der Waals surface area contributed by atoms with Gasteiger partial charge in [0.15, 0.2) is 0 Å². The second-order valence-corrected chi connectivity index (χ2v) is 3.92. The molecule has 1 fully saturated rings. The number of hydrogen-bond donors (Lipinski definition) is 2. The number of anilines is 1. The molecule has 18 heavy (non-hydrogen) atoms. The molecule has 2 N–H and O–H groups in total. The van der Waals surface area contributed by atoms with Crippen LogP contribution in [0.15, 0.2) is 18.5 Å². The number of carbonyl (C=O) groups excluding carboxylic acids is 2. The van der Waals surface area contributed by atoms with Crippen molar-refractivity contribution >= 4 is 17.8 Å². The third kappa shape index (κ3) is 3.24. The maximum atomic E-state index is 11.9. The summed E-state index contributed by atoms with van der Waals surface area (Å²) in [5, 5.41) is 5.56. The molecular weight excluding hydrogens is 234 g/mol. The highest BCUT2D eigenvalue weighted by molar-refractivity contribution is 6.39. The minimum atomic E-state index is -0.692. The van der Waals surface area contributed by atoms with Crippen molar-refractivity contribution in [3.8, 4) is 0 Å². The van der Waals surface area contributed by atoms with Crippen LogP contribution in [0.3, 0.4) is 0 Å². The molecule has 0 radical (unpaired) electrons. The van der Waals surface area contributed by atoms with Gasteiger partial charge in [0.05, 0.1) is 0 Å². The summed E-state index contributed by atoms with van der Waals surface area (Å²) in [7, 11) is 0. The monoisotopic (exact) mass is 249 g/mol. The average molecular weight is 249 g/mol. The first kappa shape index (κ1) is 12.4. The van der Waals surface area contributed by atoms with Crippen LogP contribution >= 0.6 is 0 Å². The average Bonchev–Trinajstić information content (AvgIpc) is 2.68. The van der Waals surface area contributed by atoms with E-state index in [1.54, 1.807) is 6.07 Å². The highest BCUT2D eigenvalue weighted by atomic mass is 16.2. The number of carbonyl (C=O) groups is 2. The van der Waals surface area contributed by atoms with Crippen LogP contribution in [0.2, 0.25) is 0 Å². The van der Waals surface area contributed by atoms with Gasteiger partial charge in [-0.1, -0.05) is 0 Å². The van der Waals surface area contributed by atoms with E-state index in [2.05, 4.69) is 20.6 Å². The lowest BCUT2D eigenvalue weighted by atomic mass is 10.3. The molecule has 1 aliphatic heterocycles. The van der Waals surface area contributed by atoms with Crippen LogP contribution in [0.5, 0.6) is 0 Å². The number of nitrogens with one attached hydrogen (secondary N) is 2. The molecule has 0 aromatic carbocycles. The number of amides is 2. The largest absolute Gasteiger partial charge is 0.333 e. The highest BCUT2D eigenvalue weighted by Gasteiger charge is 2.22. The van der Waals surface area contributed by atoms with E-state index in [-0.39, 0.29) is 5.95 Å². The zero-order valence-electron chi connectivity index (χ0n) is 9.93. The first-order valence-corrected chi connectivity index (χ1v) is 5.85. The molecule has 0 unspecified atom stereocenters. The van der Waals surface area contributed by atoms with Gasteiger partial charge < -0.3 is 10.2 Å². The summed E-state index contributed by atoms with van der Waals surface area (Å²) in [6.07, 6.45) is 3.85. The van der Waals surface area contributed by atoms with Gasteiger partial charge in [-0.05, 0) is 19.0 Å². The van der Waals surface area contributed by atoms with E-state index < -0.39 is 11.8 Å². The fourth-order valence-electron chi connectivity index (χ4n) is 1.71. The molecular formula is C11H15N5O2. The predicted molar refractivity (Wildman–Crippen MR) is 64.7 cm³/mol. The molecule has 2 rings (SSSR count). The molecule has 1 aliphatic rings. The van der Waals surface area contributed by atoms with Crippen molar-refractivity contribution in [1.82, 2.24) is 20.2 Å². The predicted octanol–water partition coefficient (Wildman–Crippen LogP) is -0.763. The van der Waals surface area contributed by atoms with Gasteiger partial charge in [0.1, 0.15) is 0 Å². The summed E-state index contributed by atoms with van der Waals surface area (Å²) in [6, 6.07) is 1.64. The first-order valence-electron chi connectivity index (χ1n) is 5.85. The quantitative estimate of drug-likeness (QED) is 0.639. The molecule has 0 aliphatic carbocycles. The van der Waals surface area contributed by atoms with Gasteiger partial charge in [0.2, 0.25) is 5.95 Å². The second kappa shape index (κ2) is 6.06. The van der Waals surface area contributed by atoms with Gasteiger partial charge in [-0.2, -0.15) is 0 Å². The van der Waals surface area contributed by atoms with Crippen LogP contribution in [0.1, 0.15) is 6.42 Å². The molecule has 7 heteroatoms. The Kier molecular flexibility index (Phi) is 4.19. The summed E-state index contributed by atoms with van der Waals surface area (Å²) in [5.74, 6) is -1.09. The van der Waals surface area contributed by atoms with Gasteiger partial charge in [-0.3, -0.25) is 14.9 Å². The van der Waals surface area contributed by atoms with Crippen molar-refractivity contribution in [2.75, 3.05) is 31.5 Å². The molecule has 1 saturated heterocycles. The molecule has 7 nitrogen and oxygen atoms in total. The van der Waals surface area contributed by atoms with Crippen molar-refractivity contribution in [1.29, 1.82) is 0 Å². The molecule has 0 atom stereocenters. The fraction of sp³-hybridized carbons (Fsp3) is 0.455. The molecule has 1 aromatic rings. The fourth-order valence-corrected chi connectivity index (χ4v) is 1.71. The van der Waals surface area contributed by atoms with Crippen LogP contribution in [0.4, 0.5) is 5.95 Å².